The van der Waals surface area contributed by atoms with Gasteiger partial charge in [-0.3, -0.25) is 0 Å². The van der Waals surface area contributed by atoms with Crippen molar-refractivity contribution in [1.29, 1.82) is 0 Å². The largest absolute Gasteiger partial charge is 0.508 e. The van der Waals surface area contributed by atoms with E-state index in [1.807, 2.05) is 30.3 Å². The Hall–Kier alpha value is -2.58. The fourth-order valence-electron chi connectivity index (χ4n) is 3.27. The predicted octanol–water partition coefficient (Wildman–Crippen LogP) is 5.27. The molecule has 2 atom stereocenters. The molecule has 0 amide bonds. The van der Waals surface area contributed by atoms with Crippen LogP contribution in [-0.2, 0) is 0 Å². The molecule has 3 aromatic carbocycles. The summed E-state index contributed by atoms with van der Waals surface area (Å²) in [6, 6.07) is 28.9. The first-order valence-corrected chi connectivity index (χ1v) is 8.87. The molecule has 0 radical (unpaired) electrons. The molecule has 2 heteroatoms. The first-order chi connectivity index (χ1) is 12.3. The number of benzene rings is 3. The molecule has 0 aliphatic rings. The van der Waals surface area contributed by atoms with Gasteiger partial charge in [-0.2, -0.15) is 0 Å². The number of nitrogens with one attached hydrogen (secondary N) is 1. The summed E-state index contributed by atoms with van der Waals surface area (Å²) >= 11 is 0. The van der Waals surface area contributed by atoms with Gasteiger partial charge in [0, 0.05) is 17.5 Å². The highest BCUT2D eigenvalue weighted by Crippen LogP contribution is 2.33. The first kappa shape index (κ1) is 17.2. The minimum atomic E-state index is 0.179. The lowest BCUT2D eigenvalue weighted by Gasteiger charge is -2.21. The summed E-state index contributed by atoms with van der Waals surface area (Å²) in [5.41, 5.74) is 3.52. The zero-order valence-electron chi connectivity index (χ0n) is 14.6. The Labute approximate surface area is 150 Å². The molecule has 0 heterocycles. The number of para-hydroxylation sites is 1. The molecule has 3 rings (SSSR count). The Morgan fingerprint density at radius 3 is 1.96 bits per heavy atom. The molecule has 25 heavy (non-hydrogen) atoms. The number of rotatable bonds is 7. The van der Waals surface area contributed by atoms with E-state index >= 15 is 0 Å². The maximum absolute atomic E-state index is 10.3. The minimum Gasteiger partial charge on any atom is -0.508 e. The van der Waals surface area contributed by atoms with Crippen molar-refractivity contribution in [1.82, 2.24) is 5.32 Å². The second-order valence-electron chi connectivity index (χ2n) is 6.40. The van der Waals surface area contributed by atoms with Gasteiger partial charge in [0.15, 0.2) is 0 Å². The molecule has 0 unspecified atom stereocenters. The Morgan fingerprint density at radius 1 is 0.760 bits per heavy atom. The van der Waals surface area contributed by atoms with Gasteiger partial charge in [0.25, 0.3) is 0 Å². The summed E-state index contributed by atoms with van der Waals surface area (Å²) in [5.74, 6) is 0.547. The molecule has 0 spiro atoms. The number of phenols is 1. The number of phenolic OH excluding ortho intramolecular Hbond substituents is 1. The van der Waals surface area contributed by atoms with Crippen LogP contribution in [0.15, 0.2) is 84.9 Å². The Kier molecular flexibility index (Phi) is 5.86. The smallest absolute Gasteiger partial charge is 0.119 e. The van der Waals surface area contributed by atoms with Crippen LogP contribution in [-0.4, -0.2) is 11.7 Å². The quantitative estimate of drug-likeness (QED) is 0.618. The molecule has 0 saturated heterocycles. The van der Waals surface area contributed by atoms with E-state index in [1.54, 1.807) is 6.07 Å². The summed E-state index contributed by atoms with van der Waals surface area (Å²) in [6.07, 6.45) is 0.929. The topological polar surface area (TPSA) is 32.3 Å². The number of aromatic hydroxyl groups is 1. The van der Waals surface area contributed by atoms with Crippen LogP contribution in [0.5, 0.6) is 5.75 Å². The third kappa shape index (κ3) is 4.49. The lowest BCUT2D eigenvalue weighted by molar-refractivity contribution is 0.459. The van der Waals surface area contributed by atoms with E-state index in [-0.39, 0.29) is 5.92 Å². The normalized spacial score (nSPS) is 13.3. The van der Waals surface area contributed by atoms with Gasteiger partial charge in [-0.15, -0.1) is 0 Å². The van der Waals surface area contributed by atoms with Crippen LogP contribution in [0.1, 0.15) is 42.0 Å². The van der Waals surface area contributed by atoms with Gasteiger partial charge in [-0.1, -0.05) is 78.9 Å². The molecule has 0 saturated carbocycles. The van der Waals surface area contributed by atoms with Crippen LogP contribution in [0.3, 0.4) is 0 Å². The lowest BCUT2D eigenvalue weighted by atomic mass is 9.88. The maximum atomic E-state index is 10.3. The summed E-state index contributed by atoms with van der Waals surface area (Å²) in [7, 11) is 0. The summed E-state index contributed by atoms with van der Waals surface area (Å²) < 4.78 is 0. The van der Waals surface area contributed by atoms with Gasteiger partial charge in [-0.25, -0.2) is 0 Å². The third-order valence-corrected chi connectivity index (χ3v) is 4.70. The second kappa shape index (κ2) is 8.50. The van der Waals surface area contributed by atoms with Crippen LogP contribution < -0.4 is 5.32 Å². The molecule has 0 aliphatic carbocycles. The first-order valence-electron chi connectivity index (χ1n) is 8.87. The fourth-order valence-corrected chi connectivity index (χ4v) is 3.27. The third-order valence-electron chi connectivity index (χ3n) is 4.70. The Bertz CT molecular complexity index is 770. The van der Waals surface area contributed by atoms with Gasteiger partial charge in [0.1, 0.15) is 5.75 Å². The van der Waals surface area contributed by atoms with Crippen molar-refractivity contribution in [2.45, 2.75) is 25.3 Å². The van der Waals surface area contributed by atoms with Gasteiger partial charge < -0.3 is 10.4 Å². The van der Waals surface area contributed by atoms with Crippen molar-refractivity contribution >= 4 is 0 Å². The van der Waals surface area contributed by atoms with Gasteiger partial charge in [0.2, 0.25) is 0 Å². The lowest BCUT2D eigenvalue weighted by Crippen LogP contribution is -2.21. The van der Waals surface area contributed by atoms with Crippen LogP contribution in [0.25, 0.3) is 0 Å². The van der Waals surface area contributed by atoms with E-state index < -0.39 is 0 Å². The van der Waals surface area contributed by atoms with Crippen molar-refractivity contribution in [3.8, 4) is 5.75 Å². The average molecular weight is 331 g/mol. The highest BCUT2D eigenvalue weighted by Gasteiger charge is 2.17. The molecular formula is C23H25NO. The van der Waals surface area contributed by atoms with Crippen molar-refractivity contribution in [3.05, 3.63) is 102 Å². The monoisotopic (exact) mass is 331 g/mol. The van der Waals surface area contributed by atoms with Crippen LogP contribution >= 0.6 is 0 Å². The van der Waals surface area contributed by atoms with E-state index in [2.05, 4.69) is 60.8 Å². The van der Waals surface area contributed by atoms with E-state index in [0.29, 0.717) is 11.8 Å². The summed E-state index contributed by atoms with van der Waals surface area (Å²) in [4.78, 5) is 0. The highest BCUT2D eigenvalue weighted by molar-refractivity contribution is 5.41. The molecule has 2 nitrogen and oxygen atoms in total. The SMILES string of the molecule is C[C@@H](NCC[C@@H](c1ccccc1)c1ccccc1O)c1ccccc1. The van der Waals surface area contributed by atoms with E-state index in [4.69, 9.17) is 0 Å². The Balaban J connectivity index is 1.72. The predicted molar refractivity (Wildman–Crippen MR) is 104 cm³/mol. The van der Waals surface area contributed by atoms with E-state index in [9.17, 15) is 5.11 Å². The van der Waals surface area contributed by atoms with Gasteiger partial charge in [-0.05, 0) is 37.1 Å². The molecular weight excluding hydrogens is 306 g/mol. The van der Waals surface area contributed by atoms with Crippen molar-refractivity contribution in [3.63, 3.8) is 0 Å². The van der Waals surface area contributed by atoms with E-state index in [1.165, 1.54) is 11.1 Å². The average Bonchev–Trinajstić information content (AvgIpc) is 2.67. The second-order valence-corrected chi connectivity index (χ2v) is 6.40. The molecule has 0 fully saturated rings. The van der Waals surface area contributed by atoms with Crippen molar-refractivity contribution in [2.75, 3.05) is 6.54 Å². The summed E-state index contributed by atoms with van der Waals surface area (Å²) in [6.45, 7) is 3.07. The zero-order chi connectivity index (χ0) is 17.5. The standard InChI is InChI=1S/C23H25NO/c1-18(19-10-4-2-5-11-19)24-17-16-21(20-12-6-3-7-13-20)22-14-8-9-15-23(22)25/h2-15,18,21,24-25H,16-17H2,1H3/t18-,21+/m1/s1. The van der Waals surface area contributed by atoms with Gasteiger partial charge >= 0.3 is 0 Å². The number of hydrogen-bond acceptors (Lipinski definition) is 2. The summed E-state index contributed by atoms with van der Waals surface area (Å²) in [5, 5.41) is 13.9. The molecule has 0 aromatic heterocycles. The van der Waals surface area contributed by atoms with Crippen molar-refractivity contribution < 1.29 is 5.11 Å². The molecule has 0 bridgehead atoms. The Morgan fingerprint density at radius 2 is 1.32 bits per heavy atom. The maximum Gasteiger partial charge on any atom is 0.119 e. The van der Waals surface area contributed by atoms with Crippen LogP contribution in [0.2, 0.25) is 0 Å². The molecule has 128 valence electrons. The van der Waals surface area contributed by atoms with Crippen molar-refractivity contribution in [2.24, 2.45) is 0 Å². The van der Waals surface area contributed by atoms with Crippen LogP contribution in [0, 0.1) is 0 Å². The van der Waals surface area contributed by atoms with E-state index in [0.717, 1.165) is 18.5 Å². The molecule has 3 aromatic rings. The number of hydrogen-bond donors (Lipinski definition) is 2. The molecule has 2 N–H and O–H groups in total. The van der Waals surface area contributed by atoms with Gasteiger partial charge in [0.05, 0.1) is 0 Å². The minimum absolute atomic E-state index is 0.179. The fraction of sp³-hybridized carbons (Fsp3) is 0.217. The molecule has 0 aliphatic heterocycles. The highest BCUT2D eigenvalue weighted by atomic mass is 16.3. The zero-order valence-corrected chi connectivity index (χ0v) is 14.6. The van der Waals surface area contributed by atoms with Crippen LogP contribution in [0.4, 0.5) is 0 Å².